The second-order valence-electron chi connectivity index (χ2n) is 5.14. The minimum absolute atomic E-state index is 0.0265. The van der Waals surface area contributed by atoms with E-state index in [1.165, 1.54) is 5.56 Å². The van der Waals surface area contributed by atoms with Crippen molar-refractivity contribution in [1.82, 2.24) is 10.3 Å². The van der Waals surface area contributed by atoms with Gasteiger partial charge in [-0.25, -0.2) is 5.43 Å². The Bertz CT molecular complexity index is 511. The summed E-state index contributed by atoms with van der Waals surface area (Å²) in [7, 11) is 2.11. The Kier molecular flexibility index (Phi) is 6.73. The van der Waals surface area contributed by atoms with Crippen molar-refractivity contribution < 1.29 is 4.79 Å². The number of hydrogen-bond donors (Lipinski definition) is 1. The number of amides is 1. The number of piperidine rings is 1. The number of carbonyl (C=O) groups is 1. The molecule has 1 aliphatic heterocycles. The molecule has 0 unspecified atom stereocenters. The Balaban J connectivity index is 1.67. The number of benzene rings is 1. The topological polar surface area (TPSA) is 44.7 Å². The zero-order valence-electron chi connectivity index (χ0n) is 12.1. The lowest BCUT2D eigenvalue weighted by Gasteiger charge is -2.22. The molecule has 2 rings (SSSR count). The molecule has 1 heterocycles. The summed E-state index contributed by atoms with van der Waals surface area (Å²) in [6.45, 7) is 2.04. The lowest BCUT2D eigenvalue weighted by molar-refractivity contribution is -0.118. The van der Waals surface area contributed by atoms with Gasteiger partial charge in [0.25, 0.3) is 0 Å². The number of carbonyl (C=O) groups excluding carboxylic acids is 1. The minimum Gasteiger partial charge on any atom is -0.306 e. The van der Waals surface area contributed by atoms with Crippen LogP contribution in [-0.4, -0.2) is 42.4 Å². The van der Waals surface area contributed by atoms with E-state index in [9.17, 15) is 4.79 Å². The normalized spacial score (nSPS) is 15.8. The lowest BCUT2D eigenvalue weighted by Crippen LogP contribution is -2.32. The average Bonchev–Trinajstić information content (AvgIpc) is 2.47. The van der Waals surface area contributed by atoms with Gasteiger partial charge in [0.05, 0.1) is 5.75 Å². The molecule has 0 radical (unpaired) electrons. The van der Waals surface area contributed by atoms with Crippen LogP contribution in [0.1, 0.15) is 18.4 Å². The minimum atomic E-state index is -0.0265. The lowest BCUT2D eigenvalue weighted by atomic mass is 10.1. The molecule has 1 aromatic carbocycles. The number of halogens is 1. The number of rotatable bonds is 5. The first kappa shape index (κ1) is 16.5. The highest BCUT2D eigenvalue weighted by Gasteiger charge is 2.11. The van der Waals surface area contributed by atoms with E-state index >= 15 is 0 Å². The summed E-state index contributed by atoms with van der Waals surface area (Å²) in [6, 6.07) is 8.14. The second kappa shape index (κ2) is 8.56. The van der Waals surface area contributed by atoms with Crippen LogP contribution < -0.4 is 5.43 Å². The molecule has 0 aliphatic carbocycles. The Morgan fingerprint density at radius 3 is 2.90 bits per heavy atom. The summed E-state index contributed by atoms with van der Waals surface area (Å²) >= 11 is 5.05. The molecule has 1 N–H and O–H groups in total. The van der Waals surface area contributed by atoms with E-state index in [0.717, 1.165) is 41.9 Å². The number of hydrogen-bond acceptors (Lipinski definition) is 4. The van der Waals surface area contributed by atoms with Crippen LogP contribution in [0.4, 0.5) is 0 Å². The van der Waals surface area contributed by atoms with Crippen LogP contribution in [0.3, 0.4) is 0 Å². The summed E-state index contributed by atoms with van der Waals surface area (Å²) in [4.78, 5) is 14.0. The van der Waals surface area contributed by atoms with Gasteiger partial charge >= 0.3 is 0 Å². The van der Waals surface area contributed by atoms with Gasteiger partial charge in [0, 0.05) is 41.9 Å². The predicted octanol–water partition coefficient (Wildman–Crippen LogP) is 2.88. The first-order valence-corrected chi connectivity index (χ1v) is 8.93. The maximum atomic E-state index is 11.7. The summed E-state index contributed by atoms with van der Waals surface area (Å²) in [5.74, 6) is 1.23. The second-order valence-corrected chi connectivity index (χ2v) is 7.04. The van der Waals surface area contributed by atoms with Crippen molar-refractivity contribution in [3.63, 3.8) is 0 Å². The van der Waals surface area contributed by atoms with Crippen LogP contribution in [0.25, 0.3) is 0 Å². The van der Waals surface area contributed by atoms with E-state index in [0.29, 0.717) is 5.75 Å². The van der Waals surface area contributed by atoms with E-state index in [1.807, 2.05) is 12.1 Å². The van der Waals surface area contributed by atoms with E-state index in [1.54, 1.807) is 11.8 Å². The highest BCUT2D eigenvalue weighted by Crippen LogP contribution is 2.16. The van der Waals surface area contributed by atoms with Crippen LogP contribution in [0.5, 0.6) is 0 Å². The molecular formula is C15H20BrN3OS. The molecule has 1 aromatic rings. The number of nitrogens with one attached hydrogen (secondary N) is 1. The highest BCUT2D eigenvalue weighted by atomic mass is 79.9. The molecular weight excluding hydrogens is 350 g/mol. The molecule has 1 saturated heterocycles. The molecule has 0 saturated carbocycles. The standard InChI is InChI=1S/C15H20BrN3OS/c1-19-7-5-14(6-8-19)17-18-15(20)11-21-10-12-3-2-4-13(16)9-12/h2-4,9H,5-8,10-11H2,1H3,(H,18,20). The van der Waals surface area contributed by atoms with Crippen molar-refractivity contribution in [3.8, 4) is 0 Å². The molecule has 0 atom stereocenters. The quantitative estimate of drug-likeness (QED) is 0.811. The molecule has 0 bridgehead atoms. The van der Waals surface area contributed by atoms with E-state index in [-0.39, 0.29) is 5.91 Å². The first-order valence-electron chi connectivity index (χ1n) is 6.98. The fourth-order valence-corrected chi connectivity index (χ4v) is 3.26. The van der Waals surface area contributed by atoms with Crippen molar-refractivity contribution in [3.05, 3.63) is 34.3 Å². The molecule has 21 heavy (non-hydrogen) atoms. The highest BCUT2D eigenvalue weighted by molar-refractivity contribution is 9.10. The number of likely N-dealkylation sites (tertiary alicyclic amines) is 1. The summed E-state index contributed by atoms with van der Waals surface area (Å²) < 4.78 is 1.07. The van der Waals surface area contributed by atoms with Crippen LogP contribution in [-0.2, 0) is 10.5 Å². The fourth-order valence-electron chi connectivity index (χ4n) is 2.05. The number of nitrogens with zero attached hydrogens (tertiary/aromatic N) is 2. The van der Waals surface area contributed by atoms with Crippen molar-refractivity contribution in [2.75, 3.05) is 25.9 Å². The van der Waals surface area contributed by atoms with Gasteiger partial charge in [0.1, 0.15) is 0 Å². The zero-order valence-corrected chi connectivity index (χ0v) is 14.5. The third-order valence-corrected chi connectivity index (χ3v) is 4.79. The van der Waals surface area contributed by atoms with Gasteiger partial charge in [-0.3, -0.25) is 4.79 Å². The molecule has 1 amide bonds. The molecule has 6 heteroatoms. The third kappa shape index (κ3) is 6.20. The average molecular weight is 370 g/mol. The van der Waals surface area contributed by atoms with Gasteiger partial charge in [-0.15, -0.1) is 11.8 Å². The Hall–Kier alpha value is -0.850. The molecule has 0 aromatic heterocycles. The maximum absolute atomic E-state index is 11.7. The summed E-state index contributed by atoms with van der Waals surface area (Å²) in [5, 5.41) is 4.23. The van der Waals surface area contributed by atoms with Gasteiger partial charge < -0.3 is 4.90 Å². The Morgan fingerprint density at radius 2 is 2.19 bits per heavy atom. The zero-order chi connectivity index (χ0) is 15.1. The van der Waals surface area contributed by atoms with Crippen molar-refractivity contribution in [1.29, 1.82) is 0 Å². The van der Waals surface area contributed by atoms with E-state index in [4.69, 9.17) is 0 Å². The largest absolute Gasteiger partial charge is 0.306 e. The smallest absolute Gasteiger partial charge is 0.250 e. The first-order chi connectivity index (χ1) is 10.1. The van der Waals surface area contributed by atoms with Gasteiger partial charge in [0.2, 0.25) is 5.91 Å². The summed E-state index contributed by atoms with van der Waals surface area (Å²) in [6.07, 6.45) is 1.89. The van der Waals surface area contributed by atoms with Crippen LogP contribution in [0, 0.1) is 0 Å². The Labute approximate surface area is 138 Å². The number of thioether (sulfide) groups is 1. The molecule has 114 valence electrons. The van der Waals surface area contributed by atoms with Crippen LogP contribution in [0.2, 0.25) is 0 Å². The van der Waals surface area contributed by atoms with E-state index in [2.05, 4.69) is 50.5 Å². The molecule has 4 nitrogen and oxygen atoms in total. The number of hydrazone groups is 1. The third-order valence-electron chi connectivity index (χ3n) is 3.29. The SMILES string of the molecule is CN1CCC(=NNC(=O)CSCc2cccc(Br)c2)CC1. The molecule has 1 fully saturated rings. The maximum Gasteiger partial charge on any atom is 0.250 e. The molecule has 0 spiro atoms. The van der Waals surface area contributed by atoms with Crippen molar-refractivity contribution in [2.45, 2.75) is 18.6 Å². The summed E-state index contributed by atoms with van der Waals surface area (Å²) in [5.41, 5.74) is 4.97. The molecule has 1 aliphatic rings. The predicted molar refractivity (Wildman–Crippen MR) is 92.6 cm³/mol. The van der Waals surface area contributed by atoms with Gasteiger partial charge in [0.15, 0.2) is 0 Å². The van der Waals surface area contributed by atoms with Crippen molar-refractivity contribution in [2.24, 2.45) is 5.10 Å². The monoisotopic (exact) mass is 369 g/mol. The van der Waals surface area contributed by atoms with Gasteiger partial charge in [-0.05, 0) is 24.7 Å². The fraction of sp³-hybridized carbons (Fsp3) is 0.467. The van der Waals surface area contributed by atoms with E-state index < -0.39 is 0 Å². The Morgan fingerprint density at radius 1 is 1.43 bits per heavy atom. The van der Waals surface area contributed by atoms with Gasteiger partial charge in [-0.1, -0.05) is 28.1 Å². The van der Waals surface area contributed by atoms with Crippen LogP contribution >= 0.6 is 27.7 Å². The van der Waals surface area contributed by atoms with Crippen molar-refractivity contribution >= 4 is 39.3 Å². The van der Waals surface area contributed by atoms with Gasteiger partial charge in [-0.2, -0.15) is 5.10 Å². The van der Waals surface area contributed by atoms with Crippen LogP contribution in [0.15, 0.2) is 33.8 Å².